The van der Waals surface area contributed by atoms with Gasteiger partial charge in [-0.2, -0.15) is 0 Å². The summed E-state index contributed by atoms with van der Waals surface area (Å²) in [5.74, 6) is 0.392. The molecule has 0 aromatic heterocycles. The number of rotatable bonds is 3. The molecule has 0 heterocycles. The van der Waals surface area contributed by atoms with Crippen molar-refractivity contribution in [1.82, 2.24) is 4.90 Å². The molecular weight excluding hydrogens is 222 g/mol. The van der Waals surface area contributed by atoms with Crippen LogP contribution in [0.3, 0.4) is 0 Å². The maximum Gasteiger partial charge on any atom is 0.115 e. The zero-order valence-electron chi connectivity index (χ0n) is 12.0. The third-order valence-corrected chi connectivity index (χ3v) is 4.70. The number of aryl methyl sites for hydroxylation is 1. The van der Waals surface area contributed by atoms with Crippen LogP contribution >= 0.6 is 0 Å². The van der Waals surface area contributed by atoms with E-state index in [4.69, 9.17) is 0 Å². The van der Waals surface area contributed by atoms with Crippen molar-refractivity contribution in [1.29, 1.82) is 0 Å². The Morgan fingerprint density at radius 1 is 1.39 bits per heavy atom. The Bertz CT molecular complexity index is 425. The molecule has 1 aliphatic carbocycles. The molecule has 0 saturated heterocycles. The first kappa shape index (κ1) is 13.4. The van der Waals surface area contributed by atoms with Gasteiger partial charge in [0.15, 0.2) is 0 Å². The second-order valence-electron chi connectivity index (χ2n) is 6.07. The molecule has 0 saturated carbocycles. The van der Waals surface area contributed by atoms with Gasteiger partial charge in [-0.25, -0.2) is 0 Å². The zero-order chi connectivity index (χ0) is 13.3. The summed E-state index contributed by atoms with van der Waals surface area (Å²) < 4.78 is 0. The van der Waals surface area contributed by atoms with E-state index in [0.29, 0.717) is 11.8 Å². The molecule has 1 aromatic carbocycles. The maximum atomic E-state index is 9.73. The van der Waals surface area contributed by atoms with Crippen LogP contribution in [-0.4, -0.2) is 22.6 Å². The normalized spacial score (nSPS) is 19.9. The van der Waals surface area contributed by atoms with Gasteiger partial charge in [-0.05, 0) is 69.8 Å². The molecule has 0 bridgehead atoms. The van der Waals surface area contributed by atoms with Crippen LogP contribution in [0.15, 0.2) is 18.2 Å². The lowest BCUT2D eigenvalue weighted by Crippen LogP contribution is -2.43. The summed E-state index contributed by atoms with van der Waals surface area (Å²) in [7, 11) is 2.22. The number of phenolic OH excluding ortho intramolecular Hbond substituents is 1. The van der Waals surface area contributed by atoms with Crippen LogP contribution < -0.4 is 0 Å². The van der Waals surface area contributed by atoms with Gasteiger partial charge in [-0.1, -0.05) is 13.0 Å². The molecule has 2 rings (SSSR count). The van der Waals surface area contributed by atoms with Crippen molar-refractivity contribution >= 4 is 0 Å². The monoisotopic (exact) mass is 247 g/mol. The standard InChI is InChI=1S/C16H25NO/c1-5-16(2,3)17(4)15-8-6-7-12-9-10-13(18)11-14(12)15/h9-11,15,18H,5-8H2,1-4H3. The summed E-state index contributed by atoms with van der Waals surface area (Å²) in [6, 6.07) is 6.30. The van der Waals surface area contributed by atoms with Crippen LogP contribution in [0.5, 0.6) is 5.75 Å². The molecule has 1 aliphatic rings. The van der Waals surface area contributed by atoms with E-state index < -0.39 is 0 Å². The summed E-state index contributed by atoms with van der Waals surface area (Å²) in [4.78, 5) is 2.48. The second kappa shape index (κ2) is 4.93. The summed E-state index contributed by atoms with van der Waals surface area (Å²) in [5.41, 5.74) is 2.93. The van der Waals surface area contributed by atoms with Gasteiger partial charge in [-0.15, -0.1) is 0 Å². The van der Waals surface area contributed by atoms with E-state index in [2.05, 4.69) is 38.8 Å². The highest BCUT2D eigenvalue weighted by Crippen LogP contribution is 2.38. The summed E-state index contributed by atoms with van der Waals surface area (Å²) in [5, 5.41) is 9.73. The van der Waals surface area contributed by atoms with Crippen molar-refractivity contribution in [3.05, 3.63) is 29.3 Å². The van der Waals surface area contributed by atoms with Crippen LogP contribution in [0.4, 0.5) is 0 Å². The molecule has 1 aromatic rings. The Kier molecular flexibility index (Phi) is 3.67. The molecule has 2 heteroatoms. The second-order valence-corrected chi connectivity index (χ2v) is 6.07. The number of hydrogen-bond donors (Lipinski definition) is 1. The molecule has 1 N–H and O–H groups in total. The fraction of sp³-hybridized carbons (Fsp3) is 0.625. The first-order valence-electron chi connectivity index (χ1n) is 7.00. The number of nitrogens with zero attached hydrogens (tertiary/aromatic N) is 1. The minimum atomic E-state index is 0.199. The van der Waals surface area contributed by atoms with Gasteiger partial charge in [0.2, 0.25) is 0 Å². The van der Waals surface area contributed by atoms with Crippen molar-refractivity contribution in [2.75, 3.05) is 7.05 Å². The van der Waals surface area contributed by atoms with Crippen LogP contribution in [0.25, 0.3) is 0 Å². The molecule has 0 fully saturated rings. The van der Waals surface area contributed by atoms with E-state index in [-0.39, 0.29) is 5.54 Å². The van der Waals surface area contributed by atoms with E-state index in [1.165, 1.54) is 24.0 Å². The van der Waals surface area contributed by atoms with E-state index in [1.807, 2.05) is 12.1 Å². The van der Waals surface area contributed by atoms with Crippen molar-refractivity contribution < 1.29 is 5.11 Å². The maximum absolute atomic E-state index is 9.73. The number of aromatic hydroxyl groups is 1. The van der Waals surface area contributed by atoms with Gasteiger partial charge >= 0.3 is 0 Å². The van der Waals surface area contributed by atoms with Gasteiger partial charge in [-0.3, -0.25) is 4.90 Å². The highest BCUT2D eigenvalue weighted by atomic mass is 16.3. The lowest BCUT2D eigenvalue weighted by molar-refractivity contribution is 0.0864. The molecule has 0 amide bonds. The largest absolute Gasteiger partial charge is 0.508 e. The van der Waals surface area contributed by atoms with E-state index >= 15 is 0 Å². The van der Waals surface area contributed by atoms with Crippen molar-refractivity contribution in [3.8, 4) is 5.75 Å². The molecule has 1 unspecified atom stereocenters. The van der Waals surface area contributed by atoms with Gasteiger partial charge in [0.1, 0.15) is 5.75 Å². The van der Waals surface area contributed by atoms with Crippen molar-refractivity contribution in [3.63, 3.8) is 0 Å². The number of benzene rings is 1. The molecule has 18 heavy (non-hydrogen) atoms. The van der Waals surface area contributed by atoms with E-state index in [9.17, 15) is 5.11 Å². The summed E-state index contributed by atoms with van der Waals surface area (Å²) in [6.07, 6.45) is 4.71. The third kappa shape index (κ3) is 2.39. The lowest BCUT2D eigenvalue weighted by Gasteiger charge is -2.43. The smallest absolute Gasteiger partial charge is 0.115 e. The third-order valence-electron chi connectivity index (χ3n) is 4.70. The summed E-state index contributed by atoms with van der Waals surface area (Å²) in [6.45, 7) is 6.83. The highest BCUT2D eigenvalue weighted by molar-refractivity contribution is 5.38. The van der Waals surface area contributed by atoms with Crippen molar-refractivity contribution in [2.45, 2.75) is 58.0 Å². The average Bonchev–Trinajstić information content (AvgIpc) is 2.37. The molecule has 0 radical (unpaired) electrons. The molecule has 0 spiro atoms. The van der Waals surface area contributed by atoms with Gasteiger partial charge in [0.25, 0.3) is 0 Å². The average molecular weight is 247 g/mol. The van der Waals surface area contributed by atoms with Crippen LogP contribution in [0.2, 0.25) is 0 Å². The fourth-order valence-electron chi connectivity index (χ4n) is 2.84. The molecular formula is C16H25NO. The lowest BCUT2D eigenvalue weighted by atomic mass is 9.84. The van der Waals surface area contributed by atoms with Gasteiger partial charge in [0.05, 0.1) is 0 Å². The fourth-order valence-corrected chi connectivity index (χ4v) is 2.84. The van der Waals surface area contributed by atoms with E-state index in [1.54, 1.807) is 0 Å². The first-order valence-corrected chi connectivity index (χ1v) is 7.00. The quantitative estimate of drug-likeness (QED) is 0.876. The van der Waals surface area contributed by atoms with Gasteiger partial charge in [0, 0.05) is 11.6 Å². The van der Waals surface area contributed by atoms with Crippen molar-refractivity contribution in [2.24, 2.45) is 0 Å². The Hall–Kier alpha value is -1.02. The number of phenols is 1. The summed E-state index contributed by atoms with van der Waals surface area (Å²) >= 11 is 0. The van der Waals surface area contributed by atoms with Crippen LogP contribution in [0, 0.1) is 0 Å². The topological polar surface area (TPSA) is 23.5 Å². The Labute approximate surface area is 111 Å². The molecule has 1 atom stereocenters. The SMILES string of the molecule is CCC(C)(C)N(C)C1CCCc2ccc(O)cc21. The van der Waals surface area contributed by atoms with Gasteiger partial charge < -0.3 is 5.11 Å². The predicted octanol–water partition coefficient (Wildman–Crippen LogP) is 3.89. The molecule has 0 aliphatic heterocycles. The first-order chi connectivity index (χ1) is 8.45. The Morgan fingerprint density at radius 2 is 2.11 bits per heavy atom. The number of fused-ring (bicyclic) bond motifs is 1. The minimum absolute atomic E-state index is 0.199. The molecule has 100 valence electrons. The van der Waals surface area contributed by atoms with E-state index in [0.717, 1.165) is 12.8 Å². The minimum Gasteiger partial charge on any atom is -0.508 e. The predicted molar refractivity (Wildman–Crippen MR) is 75.9 cm³/mol. The Balaban J connectivity index is 2.35. The molecule has 2 nitrogen and oxygen atoms in total. The van der Waals surface area contributed by atoms with Crippen LogP contribution in [0.1, 0.15) is 57.2 Å². The Morgan fingerprint density at radius 3 is 2.78 bits per heavy atom. The highest BCUT2D eigenvalue weighted by Gasteiger charge is 2.31. The zero-order valence-corrected chi connectivity index (χ0v) is 12.0. The number of hydrogen-bond acceptors (Lipinski definition) is 2. The van der Waals surface area contributed by atoms with Crippen LogP contribution in [-0.2, 0) is 6.42 Å².